The summed E-state index contributed by atoms with van der Waals surface area (Å²) in [7, 11) is 0. The third-order valence-electron chi connectivity index (χ3n) is 3.21. The molecule has 0 aromatic rings. The summed E-state index contributed by atoms with van der Waals surface area (Å²) in [6.45, 7) is 2.56. The number of ether oxygens (including phenoxy) is 2. The fourth-order valence-corrected chi connectivity index (χ4v) is 2.09. The normalized spacial score (nSPS) is 25.9. The largest absolute Gasteiger partial charge is 0.463 e. The van der Waals surface area contributed by atoms with Gasteiger partial charge in [-0.1, -0.05) is 0 Å². The molecule has 0 unspecified atom stereocenters. The number of aliphatic hydroxyl groups excluding tert-OH is 2. The molecule has 0 bridgehead atoms. The molecule has 0 aliphatic carbocycles. The second-order valence-corrected chi connectivity index (χ2v) is 5.04. The standard InChI is InChI=1S/C13H22O6/c1-8(15)5-11-3-4-12(19-11)9(2)13(17)18-7-10(16)6-14/h9-12,14,16H,3-7H2,1-2H3/t9-,10-,11-,12+/m1/s1. The Kier molecular flexibility index (Phi) is 6.41. The summed E-state index contributed by atoms with van der Waals surface area (Å²) in [5, 5.41) is 17.7. The SMILES string of the molecule is CC(=O)C[C@H]1CC[C@@H]([C@@H](C)C(=O)OC[C@H](O)CO)O1. The van der Waals surface area contributed by atoms with E-state index in [-0.39, 0.29) is 24.6 Å². The molecule has 19 heavy (non-hydrogen) atoms. The van der Waals surface area contributed by atoms with Crippen LogP contribution in [0.2, 0.25) is 0 Å². The highest BCUT2D eigenvalue weighted by molar-refractivity contribution is 5.76. The molecule has 0 saturated carbocycles. The Morgan fingerprint density at radius 3 is 2.68 bits per heavy atom. The van der Waals surface area contributed by atoms with Gasteiger partial charge >= 0.3 is 5.97 Å². The number of carbonyl (C=O) groups is 2. The third kappa shape index (κ3) is 5.26. The maximum atomic E-state index is 11.7. The number of carbonyl (C=O) groups excluding carboxylic acids is 2. The minimum absolute atomic E-state index is 0.0759. The van der Waals surface area contributed by atoms with Crippen LogP contribution in [0.4, 0.5) is 0 Å². The van der Waals surface area contributed by atoms with E-state index >= 15 is 0 Å². The smallest absolute Gasteiger partial charge is 0.311 e. The van der Waals surface area contributed by atoms with Gasteiger partial charge in [0.25, 0.3) is 0 Å². The molecule has 6 heteroatoms. The summed E-state index contributed by atoms with van der Waals surface area (Å²) in [5.41, 5.74) is 0. The van der Waals surface area contributed by atoms with Crippen molar-refractivity contribution < 1.29 is 29.3 Å². The first-order valence-corrected chi connectivity index (χ1v) is 6.54. The summed E-state index contributed by atoms with van der Waals surface area (Å²) < 4.78 is 10.5. The fourth-order valence-electron chi connectivity index (χ4n) is 2.09. The van der Waals surface area contributed by atoms with Crippen molar-refractivity contribution in [1.29, 1.82) is 0 Å². The topological polar surface area (TPSA) is 93.1 Å². The van der Waals surface area contributed by atoms with Crippen LogP contribution in [0.25, 0.3) is 0 Å². The van der Waals surface area contributed by atoms with E-state index in [1.165, 1.54) is 6.92 Å². The van der Waals surface area contributed by atoms with E-state index < -0.39 is 24.6 Å². The van der Waals surface area contributed by atoms with Crippen LogP contribution in [0.3, 0.4) is 0 Å². The molecule has 6 nitrogen and oxygen atoms in total. The average Bonchev–Trinajstić information content (AvgIpc) is 2.81. The minimum Gasteiger partial charge on any atom is -0.463 e. The van der Waals surface area contributed by atoms with E-state index in [9.17, 15) is 9.59 Å². The molecule has 1 saturated heterocycles. The lowest BCUT2D eigenvalue weighted by Crippen LogP contribution is -2.31. The van der Waals surface area contributed by atoms with E-state index in [0.717, 1.165) is 12.8 Å². The number of ketones is 1. The van der Waals surface area contributed by atoms with E-state index in [4.69, 9.17) is 19.7 Å². The van der Waals surface area contributed by atoms with Crippen LogP contribution < -0.4 is 0 Å². The second kappa shape index (κ2) is 7.57. The Balaban J connectivity index is 2.35. The molecule has 4 atom stereocenters. The van der Waals surface area contributed by atoms with Crippen LogP contribution in [0.5, 0.6) is 0 Å². The van der Waals surface area contributed by atoms with Crippen molar-refractivity contribution in [3.63, 3.8) is 0 Å². The van der Waals surface area contributed by atoms with Gasteiger partial charge in [0.2, 0.25) is 0 Å². The summed E-state index contributed by atoms with van der Waals surface area (Å²) in [4.78, 5) is 22.7. The van der Waals surface area contributed by atoms with Crippen molar-refractivity contribution in [1.82, 2.24) is 0 Å². The summed E-state index contributed by atoms with van der Waals surface area (Å²) in [6, 6.07) is 0. The number of esters is 1. The zero-order chi connectivity index (χ0) is 14.4. The lowest BCUT2D eigenvalue weighted by atomic mass is 10.0. The number of rotatable bonds is 7. The number of hydrogen-bond acceptors (Lipinski definition) is 6. The van der Waals surface area contributed by atoms with Gasteiger partial charge in [-0.15, -0.1) is 0 Å². The first kappa shape index (κ1) is 16.1. The minimum atomic E-state index is -1.05. The summed E-state index contributed by atoms with van der Waals surface area (Å²) >= 11 is 0. The molecule has 0 aromatic heterocycles. The Hall–Kier alpha value is -0.980. The van der Waals surface area contributed by atoms with Crippen LogP contribution >= 0.6 is 0 Å². The molecule has 1 fully saturated rings. The molecule has 0 amide bonds. The van der Waals surface area contributed by atoms with Gasteiger partial charge in [0, 0.05) is 6.42 Å². The van der Waals surface area contributed by atoms with Crippen molar-refractivity contribution >= 4 is 11.8 Å². The molecule has 2 N–H and O–H groups in total. The molecule has 1 heterocycles. The maximum Gasteiger partial charge on any atom is 0.311 e. The molecule has 1 rings (SSSR count). The van der Waals surface area contributed by atoms with Gasteiger partial charge in [0.1, 0.15) is 18.5 Å². The van der Waals surface area contributed by atoms with E-state index in [1.807, 2.05) is 0 Å². The van der Waals surface area contributed by atoms with Gasteiger partial charge in [-0.25, -0.2) is 0 Å². The van der Waals surface area contributed by atoms with Crippen molar-refractivity contribution in [2.75, 3.05) is 13.2 Å². The van der Waals surface area contributed by atoms with Crippen molar-refractivity contribution in [2.24, 2.45) is 5.92 Å². The van der Waals surface area contributed by atoms with Gasteiger partial charge in [0.15, 0.2) is 0 Å². The summed E-state index contributed by atoms with van der Waals surface area (Å²) in [6.07, 6.45) is 0.453. The van der Waals surface area contributed by atoms with Crippen LogP contribution in [-0.4, -0.2) is 53.5 Å². The number of Topliss-reactive ketones (excluding diaryl/α,β-unsaturated/α-hetero) is 1. The van der Waals surface area contributed by atoms with Crippen molar-refractivity contribution in [3.8, 4) is 0 Å². The Labute approximate surface area is 112 Å². The quantitative estimate of drug-likeness (QED) is 0.637. The predicted molar refractivity (Wildman–Crippen MR) is 66.4 cm³/mol. The van der Waals surface area contributed by atoms with Gasteiger partial charge in [-0.05, 0) is 26.7 Å². The molecule has 0 radical (unpaired) electrons. The van der Waals surface area contributed by atoms with Crippen molar-refractivity contribution in [3.05, 3.63) is 0 Å². The average molecular weight is 274 g/mol. The second-order valence-electron chi connectivity index (χ2n) is 5.04. The first-order valence-electron chi connectivity index (χ1n) is 6.54. The Morgan fingerprint density at radius 2 is 2.11 bits per heavy atom. The molecular weight excluding hydrogens is 252 g/mol. The predicted octanol–water partition coefficient (Wildman–Crippen LogP) is 0.0456. The Morgan fingerprint density at radius 1 is 1.42 bits per heavy atom. The van der Waals surface area contributed by atoms with Crippen LogP contribution in [0.15, 0.2) is 0 Å². The third-order valence-corrected chi connectivity index (χ3v) is 3.21. The lowest BCUT2D eigenvalue weighted by molar-refractivity contribution is -0.156. The molecular formula is C13H22O6. The highest BCUT2D eigenvalue weighted by Gasteiger charge is 2.34. The van der Waals surface area contributed by atoms with Crippen LogP contribution in [0.1, 0.15) is 33.1 Å². The molecule has 0 aromatic carbocycles. The van der Waals surface area contributed by atoms with Gasteiger partial charge in [-0.3, -0.25) is 9.59 Å². The highest BCUT2D eigenvalue weighted by Crippen LogP contribution is 2.28. The molecule has 0 spiro atoms. The zero-order valence-corrected chi connectivity index (χ0v) is 11.4. The molecule has 110 valence electrons. The highest BCUT2D eigenvalue weighted by atomic mass is 16.5. The Bertz CT molecular complexity index is 316. The van der Waals surface area contributed by atoms with E-state index in [2.05, 4.69) is 0 Å². The first-order chi connectivity index (χ1) is 8.93. The number of aliphatic hydroxyl groups is 2. The monoisotopic (exact) mass is 274 g/mol. The van der Waals surface area contributed by atoms with Crippen LogP contribution in [-0.2, 0) is 19.1 Å². The summed E-state index contributed by atoms with van der Waals surface area (Å²) in [5.74, 6) is -0.823. The molecule has 1 aliphatic heterocycles. The van der Waals surface area contributed by atoms with Gasteiger partial charge in [0.05, 0.1) is 24.7 Å². The lowest BCUT2D eigenvalue weighted by Gasteiger charge is -2.19. The van der Waals surface area contributed by atoms with Crippen molar-refractivity contribution in [2.45, 2.75) is 51.4 Å². The number of hydrogen-bond donors (Lipinski definition) is 2. The van der Waals surface area contributed by atoms with Gasteiger partial charge in [-0.2, -0.15) is 0 Å². The van der Waals surface area contributed by atoms with E-state index in [0.29, 0.717) is 6.42 Å². The fraction of sp³-hybridized carbons (Fsp3) is 0.846. The van der Waals surface area contributed by atoms with E-state index in [1.54, 1.807) is 6.92 Å². The van der Waals surface area contributed by atoms with Gasteiger partial charge < -0.3 is 19.7 Å². The zero-order valence-electron chi connectivity index (χ0n) is 11.4. The van der Waals surface area contributed by atoms with Crippen LogP contribution in [0, 0.1) is 5.92 Å². The maximum absolute atomic E-state index is 11.7. The molecule has 1 aliphatic rings.